The molecule has 0 bridgehead atoms. The molecule has 8 nitrogen and oxygen atoms in total. The molecular formula is C20H22N4O4S. The molecule has 29 heavy (non-hydrogen) atoms. The fourth-order valence-corrected chi connectivity index (χ4v) is 3.76. The van der Waals surface area contributed by atoms with Crippen molar-refractivity contribution in [2.45, 2.75) is 20.0 Å². The molecule has 0 aliphatic rings. The van der Waals surface area contributed by atoms with Gasteiger partial charge in [-0.2, -0.15) is 0 Å². The summed E-state index contributed by atoms with van der Waals surface area (Å²) in [4.78, 5) is 43.2. The lowest BCUT2D eigenvalue weighted by molar-refractivity contribution is 0.0988. The molecule has 3 N–H and O–H groups in total. The first-order chi connectivity index (χ1) is 13.9. The quantitative estimate of drug-likeness (QED) is 0.614. The predicted octanol–water partition coefficient (Wildman–Crippen LogP) is 1.98. The Hall–Kier alpha value is -3.17. The van der Waals surface area contributed by atoms with Crippen molar-refractivity contribution in [1.29, 1.82) is 0 Å². The molecule has 0 unspecified atom stereocenters. The van der Waals surface area contributed by atoms with Crippen LogP contribution in [0, 0.1) is 6.92 Å². The van der Waals surface area contributed by atoms with Crippen LogP contribution >= 0.6 is 11.3 Å². The van der Waals surface area contributed by atoms with Gasteiger partial charge in [0.1, 0.15) is 5.82 Å². The van der Waals surface area contributed by atoms with Crippen molar-refractivity contribution in [2.24, 2.45) is 0 Å². The number of methoxy groups -OCH3 is 1. The highest BCUT2D eigenvalue weighted by atomic mass is 32.1. The van der Waals surface area contributed by atoms with E-state index in [1.165, 1.54) is 27.9 Å². The summed E-state index contributed by atoms with van der Waals surface area (Å²) in [6.07, 6.45) is 0. The van der Waals surface area contributed by atoms with Crippen molar-refractivity contribution < 1.29 is 9.53 Å². The number of anilines is 2. The Morgan fingerprint density at radius 2 is 1.93 bits per heavy atom. The topological polar surface area (TPSA) is 110 Å². The number of aryl methyl sites for hydroxylation is 1. The van der Waals surface area contributed by atoms with Crippen LogP contribution in [0.25, 0.3) is 0 Å². The van der Waals surface area contributed by atoms with Gasteiger partial charge in [0, 0.05) is 12.0 Å². The number of nitrogens with two attached hydrogens (primary N) is 1. The van der Waals surface area contributed by atoms with E-state index in [4.69, 9.17) is 10.5 Å². The van der Waals surface area contributed by atoms with E-state index in [9.17, 15) is 14.4 Å². The van der Waals surface area contributed by atoms with Crippen molar-refractivity contribution in [2.75, 3.05) is 24.4 Å². The summed E-state index contributed by atoms with van der Waals surface area (Å²) in [6.45, 7) is 2.41. The Morgan fingerprint density at radius 3 is 2.55 bits per heavy atom. The minimum Gasteiger partial charge on any atom is -0.383 e. The SMILES string of the molecule is COCCn1c(N)c(N(Cc2ccccc2)C(=O)c2ccc(C)s2)c(=O)[nH]c1=O. The number of thiophene rings is 1. The minimum atomic E-state index is -0.710. The fourth-order valence-electron chi connectivity index (χ4n) is 2.94. The van der Waals surface area contributed by atoms with Gasteiger partial charge in [-0.15, -0.1) is 11.3 Å². The van der Waals surface area contributed by atoms with E-state index in [0.717, 1.165) is 10.4 Å². The molecule has 0 radical (unpaired) electrons. The normalized spacial score (nSPS) is 10.8. The van der Waals surface area contributed by atoms with Gasteiger partial charge in [-0.1, -0.05) is 30.3 Å². The standard InChI is InChI=1S/C20H22N4O4S/c1-13-8-9-15(29-13)19(26)24(12-14-6-4-3-5-7-14)16-17(21)23(10-11-28-2)20(27)22-18(16)25/h3-9H,10-12,21H2,1-2H3,(H,22,25,27). The Bertz CT molecular complexity index is 1120. The van der Waals surface area contributed by atoms with Crippen LogP contribution in [0.1, 0.15) is 20.1 Å². The van der Waals surface area contributed by atoms with Crippen molar-refractivity contribution in [3.63, 3.8) is 0 Å². The summed E-state index contributed by atoms with van der Waals surface area (Å²) in [7, 11) is 1.50. The maximum Gasteiger partial charge on any atom is 0.330 e. The summed E-state index contributed by atoms with van der Waals surface area (Å²) in [5.74, 6) is -0.436. The number of carbonyl (C=O) groups is 1. The van der Waals surface area contributed by atoms with Crippen LogP contribution < -0.4 is 21.9 Å². The number of aromatic nitrogens is 2. The lowest BCUT2D eigenvalue weighted by Gasteiger charge is -2.24. The molecule has 1 aromatic carbocycles. The molecule has 0 saturated carbocycles. The fraction of sp³-hybridized carbons (Fsp3) is 0.250. The maximum atomic E-state index is 13.3. The number of nitrogens with one attached hydrogen (secondary N) is 1. The molecule has 3 rings (SSSR count). The van der Waals surface area contributed by atoms with Crippen molar-refractivity contribution in [3.8, 4) is 0 Å². The van der Waals surface area contributed by atoms with Crippen LogP contribution in [0.15, 0.2) is 52.1 Å². The molecule has 3 aromatic rings. The Kier molecular flexibility index (Phi) is 6.30. The van der Waals surface area contributed by atoms with Crippen molar-refractivity contribution >= 4 is 28.7 Å². The van der Waals surface area contributed by atoms with E-state index in [2.05, 4.69) is 4.98 Å². The first-order valence-corrected chi connectivity index (χ1v) is 9.77. The number of H-pyrrole nitrogens is 1. The van der Waals surface area contributed by atoms with Gasteiger partial charge in [0.15, 0.2) is 5.69 Å². The number of nitrogen functional groups attached to an aromatic ring is 1. The average molecular weight is 414 g/mol. The first kappa shape index (κ1) is 20.6. The second-order valence-electron chi connectivity index (χ2n) is 6.42. The highest BCUT2D eigenvalue weighted by Crippen LogP contribution is 2.25. The molecule has 0 saturated heterocycles. The molecule has 2 heterocycles. The maximum absolute atomic E-state index is 13.3. The number of ether oxygens (including phenoxy) is 1. The van der Waals surface area contributed by atoms with Gasteiger partial charge >= 0.3 is 5.69 Å². The van der Waals surface area contributed by atoms with Crippen LogP contribution in [-0.4, -0.2) is 29.2 Å². The first-order valence-electron chi connectivity index (χ1n) is 8.96. The molecule has 0 aliphatic heterocycles. The lowest BCUT2D eigenvalue weighted by atomic mass is 10.2. The van der Waals surface area contributed by atoms with Gasteiger partial charge < -0.3 is 10.5 Å². The number of hydrogen-bond donors (Lipinski definition) is 2. The third-order valence-electron chi connectivity index (χ3n) is 4.38. The highest BCUT2D eigenvalue weighted by molar-refractivity contribution is 7.14. The zero-order valence-corrected chi connectivity index (χ0v) is 17.0. The summed E-state index contributed by atoms with van der Waals surface area (Å²) in [6, 6.07) is 12.8. The monoisotopic (exact) mass is 414 g/mol. The van der Waals surface area contributed by atoms with Gasteiger partial charge in [0.05, 0.1) is 24.6 Å². The Labute approximate surface area is 171 Å². The van der Waals surface area contributed by atoms with Crippen LogP contribution in [-0.2, 0) is 17.8 Å². The smallest absolute Gasteiger partial charge is 0.330 e. The number of carbonyl (C=O) groups excluding carboxylic acids is 1. The van der Waals surface area contributed by atoms with Gasteiger partial charge in [-0.05, 0) is 24.6 Å². The molecular weight excluding hydrogens is 392 g/mol. The highest BCUT2D eigenvalue weighted by Gasteiger charge is 2.26. The van der Waals surface area contributed by atoms with E-state index in [0.29, 0.717) is 4.88 Å². The van der Waals surface area contributed by atoms with Crippen LogP contribution in [0.4, 0.5) is 11.5 Å². The summed E-state index contributed by atoms with van der Waals surface area (Å²) in [5.41, 5.74) is 5.61. The van der Waals surface area contributed by atoms with E-state index in [1.54, 1.807) is 6.07 Å². The van der Waals surface area contributed by atoms with Gasteiger partial charge in [0.2, 0.25) is 0 Å². The van der Waals surface area contributed by atoms with Crippen molar-refractivity contribution in [1.82, 2.24) is 9.55 Å². The van der Waals surface area contributed by atoms with Crippen LogP contribution in [0.3, 0.4) is 0 Å². The van der Waals surface area contributed by atoms with E-state index in [1.807, 2.05) is 43.3 Å². The summed E-state index contributed by atoms with van der Waals surface area (Å²) < 4.78 is 6.21. The molecule has 2 aromatic heterocycles. The molecule has 152 valence electrons. The number of rotatable bonds is 7. The van der Waals surface area contributed by atoms with E-state index in [-0.39, 0.29) is 37.1 Å². The minimum absolute atomic E-state index is 0.0550. The average Bonchev–Trinajstić information content (AvgIpc) is 3.13. The second kappa shape index (κ2) is 8.89. The lowest BCUT2D eigenvalue weighted by Crippen LogP contribution is -2.41. The van der Waals surface area contributed by atoms with E-state index >= 15 is 0 Å². The number of benzene rings is 1. The Morgan fingerprint density at radius 1 is 1.21 bits per heavy atom. The zero-order chi connectivity index (χ0) is 21.0. The zero-order valence-electron chi connectivity index (χ0n) is 16.2. The number of aromatic amines is 1. The van der Waals surface area contributed by atoms with Crippen LogP contribution in [0.2, 0.25) is 0 Å². The Balaban J connectivity index is 2.14. The van der Waals surface area contributed by atoms with Gasteiger partial charge in [0.25, 0.3) is 11.5 Å². The van der Waals surface area contributed by atoms with Crippen molar-refractivity contribution in [3.05, 3.63) is 78.6 Å². The third kappa shape index (κ3) is 4.47. The molecule has 1 amide bonds. The molecule has 0 atom stereocenters. The van der Waals surface area contributed by atoms with Gasteiger partial charge in [-0.3, -0.25) is 24.0 Å². The molecule has 0 fully saturated rings. The predicted molar refractivity (Wildman–Crippen MR) is 114 cm³/mol. The second-order valence-corrected chi connectivity index (χ2v) is 7.71. The number of nitrogens with zero attached hydrogens (tertiary/aromatic N) is 2. The van der Waals surface area contributed by atoms with Crippen LogP contribution in [0.5, 0.6) is 0 Å². The summed E-state index contributed by atoms with van der Waals surface area (Å²) in [5, 5.41) is 0. The largest absolute Gasteiger partial charge is 0.383 e. The molecule has 0 aliphatic carbocycles. The number of amides is 1. The molecule has 9 heteroatoms. The van der Waals surface area contributed by atoms with E-state index < -0.39 is 11.2 Å². The van der Waals surface area contributed by atoms with Gasteiger partial charge in [-0.25, -0.2) is 4.79 Å². The summed E-state index contributed by atoms with van der Waals surface area (Å²) >= 11 is 1.33. The number of hydrogen-bond acceptors (Lipinski definition) is 6. The third-order valence-corrected chi connectivity index (χ3v) is 5.37. The molecule has 0 spiro atoms.